The van der Waals surface area contributed by atoms with E-state index in [1.54, 1.807) is 6.07 Å². The third-order valence-corrected chi connectivity index (χ3v) is 3.32. The van der Waals surface area contributed by atoms with Crippen LogP contribution in [0, 0.1) is 0 Å². The molecule has 0 aliphatic carbocycles. The van der Waals surface area contributed by atoms with Crippen LogP contribution in [0.4, 0.5) is 0 Å². The molecular formula is C17H21NO. The highest BCUT2D eigenvalue weighted by molar-refractivity contribution is 5.34. The van der Waals surface area contributed by atoms with Gasteiger partial charge in [0.05, 0.1) is 0 Å². The zero-order valence-corrected chi connectivity index (χ0v) is 11.5. The van der Waals surface area contributed by atoms with Gasteiger partial charge in [0.1, 0.15) is 5.75 Å². The van der Waals surface area contributed by atoms with E-state index in [1.165, 1.54) is 5.56 Å². The van der Waals surface area contributed by atoms with Gasteiger partial charge in [0.25, 0.3) is 0 Å². The molecule has 0 heterocycles. The molecule has 2 aromatic rings. The van der Waals surface area contributed by atoms with Gasteiger partial charge in [-0.15, -0.1) is 0 Å². The first-order valence-corrected chi connectivity index (χ1v) is 6.74. The molecule has 0 fully saturated rings. The first-order chi connectivity index (χ1) is 9.16. The lowest BCUT2D eigenvalue weighted by Gasteiger charge is -2.21. The summed E-state index contributed by atoms with van der Waals surface area (Å²) in [6.45, 7) is 4.25. The molecule has 0 aromatic heterocycles. The number of benzene rings is 2. The van der Waals surface area contributed by atoms with Crippen LogP contribution in [0.25, 0.3) is 0 Å². The maximum Gasteiger partial charge on any atom is 0.120 e. The molecule has 2 atom stereocenters. The Balaban J connectivity index is 1.96. The van der Waals surface area contributed by atoms with E-state index in [1.807, 2.05) is 24.3 Å². The predicted molar refractivity (Wildman–Crippen MR) is 79.3 cm³/mol. The molecule has 2 aromatic carbocycles. The molecule has 0 spiro atoms. The zero-order valence-electron chi connectivity index (χ0n) is 11.5. The van der Waals surface area contributed by atoms with Crippen LogP contribution in [0.3, 0.4) is 0 Å². The number of nitrogens with one attached hydrogen (secondary N) is 1. The van der Waals surface area contributed by atoms with E-state index in [0.29, 0.717) is 11.8 Å². The van der Waals surface area contributed by atoms with Gasteiger partial charge in [0, 0.05) is 17.6 Å². The molecule has 0 saturated heterocycles. The van der Waals surface area contributed by atoms with E-state index in [2.05, 4.69) is 43.4 Å². The van der Waals surface area contributed by atoms with Crippen LogP contribution < -0.4 is 5.32 Å². The number of phenols is 1. The van der Waals surface area contributed by atoms with Crippen molar-refractivity contribution in [2.45, 2.75) is 32.4 Å². The summed E-state index contributed by atoms with van der Waals surface area (Å²) in [5, 5.41) is 13.4. The lowest BCUT2D eigenvalue weighted by Crippen LogP contribution is -2.30. The predicted octanol–water partition coefficient (Wildman–Crippen LogP) is 3.67. The molecule has 0 aliphatic heterocycles. The molecule has 2 rings (SSSR count). The molecule has 2 unspecified atom stereocenters. The largest absolute Gasteiger partial charge is 0.508 e. The summed E-state index contributed by atoms with van der Waals surface area (Å²) < 4.78 is 0. The van der Waals surface area contributed by atoms with Crippen LogP contribution in [0.1, 0.15) is 31.0 Å². The van der Waals surface area contributed by atoms with E-state index < -0.39 is 0 Å². The van der Waals surface area contributed by atoms with Crippen molar-refractivity contribution in [3.8, 4) is 5.75 Å². The Labute approximate surface area is 115 Å². The summed E-state index contributed by atoms with van der Waals surface area (Å²) in [5.74, 6) is 0.356. The normalized spacial score (nSPS) is 14.0. The number of aromatic hydroxyl groups is 1. The van der Waals surface area contributed by atoms with Crippen LogP contribution in [-0.4, -0.2) is 11.1 Å². The van der Waals surface area contributed by atoms with Crippen LogP contribution >= 0.6 is 0 Å². The molecule has 2 nitrogen and oxygen atoms in total. The Hall–Kier alpha value is -1.80. The Bertz CT molecular complexity index is 510. The van der Waals surface area contributed by atoms with Crippen molar-refractivity contribution in [1.29, 1.82) is 0 Å². The molecule has 0 bridgehead atoms. The van der Waals surface area contributed by atoms with Gasteiger partial charge in [0.15, 0.2) is 0 Å². The number of hydrogen-bond acceptors (Lipinski definition) is 2. The molecule has 19 heavy (non-hydrogen) atoms. The van der Waals surface area contributed by atoms with Gasteiger partial charge in [-0.05, 0) is 31.9 Å². The third kappa shape index (κ3) is 3.83. The average molecular weight is 255 g/mol. The third-order valence-electron chi connectivity index (χ3n) is 3.32. The highest BCUT2D eigenvalue weighted by Gasteiger charge is 2.12. The van der Waals surface area contributed by atoms with Crippen molar-refractivity contribution in [2.75, 3.05) is 0 Å². The minimum Gasteiger partial charge on any atom is -0.508 e. The van der Waals surface area contributed by atoms with Gasteiger partial charge in [-0.3, -0.25) is 0 Å². The number of hydrogen-bond donors (Lipinski definition) is 2. The quantitative estimate of drug-likeness (QED) is 0.854. The molecule has 2 heteroatoms. The van der Waals surface area contributed by atoms with E-state index >= 15 is 0 Å². The van der Waals surface area contributed by atoms with Crippen molar-refractivity contribution in [1.82, 2.24) is 5.32 Å². The van der Waals surface area contributed by atoms with Crippen LogP contribution in [0.2, 0.25) is 0 Å². The smallest absolute Gasteiger partial charge is 0.120 e. The first kappa shape index (κ1) is 13.6. The highest BCUT2D eigenvalue weighted by Crippen LogP contribution is 2.23. The first-order valence-electron chi connectivity index (χ1n) is 6.74. The summed E-state index contributed by atoms with van der Waals surface area (Å²) >= 11 is 0. The second kappa shape index (κ2) is 6.39. The summed E-state index contributed by atoms with van der Waals surface area (Å²) in [6, 6.07) is 18.4. The van der Waals surface area contributed by atoms with E-state index in [-0.39, 0.29) is 6.04 Å². The molecular weight excluding hydrogens is 234 g/mol. The van der Waals surface area contributed by atoms with Gasteiger partial charge < -0.3 is 10.4 Å². The SMILES string of the molecule is CC(Cc1ccccc1)NC(C)c1ccccc1O. The summed E-state index contributed by atoms with van der Waals surface area (Å²) in [5.41, 5.74) is 2.27. The molecule has 2 N–H and O–H groups in total. The van der Waals surface area contributed by atoms with Crippen molar-refractivity contribution in [3.63, 3.8) is 0 Å². The Morgan fingerprint density at radius 1 is 0.947 bits per heavy atom. The van der Waals surface area contributed by atoms with Gasteiger partial charge >= 0.3 is 0 Å². The summed E-state index contributed by atoms with van der Waals surface area (Å²) in [7, 11) is 0. The molecule has 0 radical (unpaired) electrons. The van der Waals surface area contributed by atoms with Crippen LogP contribution in [0.5, 0.6) is 5.75 Å². The van der Waals surface area contributed by atoms with Crippen LogP contribution in [0.15, 0.2) is 54.6 Å². The topological polar surface area (TPSA) is 32.3 Å². The van der Waals surface area contributed by atoms with Gasteiger partial charge in [-0.2, -0.15) is 0 Å². The Morgan fingerprint density at radius 2 is 1.58 bits per heavy atom. The second-order valence-electron chi connectivity index (χ2n) is 5.04. The Kier molecular flexibility index (Phi) is 4.58. The number of para-hydroxylation sites is 1. The Morgan fingerprint density at radius 3 is 2.26 bits per heavy atom. The van der Waals surface area contributed by atoms with Gasteiger partial charge in [-0.25, -0.2) is 0 Å². The molecule has 100 valence electrons. The zero-order chi connectivity index (χ0) is 13.7. The molecule has 0 amide bonds. The monoisotopic (exact) mass is 255 g/mol. The maximum absolute atomic E-state index is 9.84. The number of phenolic OH excluding ortho intramolecular Hbond substituents is 1. The average Bonchev–Trinajstić information content (AvgIpc) is 2.40. The molecule has 0 saturated carbocycles. The fourth-order valence-corrected chi connectivity index (χ4v) is 2.40. The second-order valence-corrected chi connectivity index (χ2v) is 5.04. The van der Waals surface area contributed by atoms with Gasteiger partial charge in [-0.1, -0.05) is 48.5 Å². The minimum atomic E-state index is 0.139. The standard InChI is InChI=1S/C17H21NO/c1-13(12-15-8-4-3-5-9-15)18-14(2)16-10-6-7-11-17(16)19/h3-11,13-14,18-19H,12H2,1-2H3. The van der Waals surface area contributed by atoms with E-state index in [0.717, 1.165) is 12.0 Å². The van der Waals surface area contributed by atoms with Crippen molar-refractivity contribution in [3.05, 3.63) is 65.7 Å². The lowest BCUT2D eigenvalue weighted by atomic mass is 10.0. The summed E-state index contributed by atoms with van der Waals surface area (Å²) in [4.78, 5) is 0. The van der Waals surface area contributed by atoms with Crippen molar-refractivity contribution in [2.24, 2.45) is 0 Å². The van der Waals surface area contributed by atoms with E-state index in [4.69, 9.17) is 0 Å². The van der Waals surface area contributed by atoms with Crippen LogP contribution in [-0.2, 0) is 6.42 Å². The molecule has 0 aliphatic rings. The summed E-state index contributed by atoms with van der Waals surface area (Å²) in [6.07, 6.45) is 0.985. The van der Waals surface area contributed by atoms with Crippen molar-refractivity contribution < 1.29 is 5.11 Å². The maximum atomic E-state index is 9.84. The lowest BCUT2D eigenvalue weighted by molar-refractivity contribution is 0.433. The van der Waals surface area contributed by atoms with E-state index in [9.17, 15) is 5.11 Å². The number of rotatable bonds is 5. The highest BCUT2D eigenvalue weighted by atomic mass is 16.3. The minimum absolute atomic E-state index is 0.139. The van der Waals surface area contributed by atoms with Gasteiger partial charge in [0.2, 0.25) is 0 Å². The fraction of sp³-hybridized carbons (Fsp3) is 0.294. The van der Waals surface area contributed by atoms with Crippen molar-refractivity contribution >= 4 is 0 Å². The fourth-order valence-electron chi connectivity index (χ4n) is 2.40.